The molecule has 14 heteroatoms. The predicted molar refractivity (Wildman–Crippen MR) is 188 cm³/mol. The Morgan fingerprint density at radius 1 is 0.957 bits per heavy atom. The lowest BCUT2D eigenvalue weighted by atomic mass is 9.89. The van der Waals surface area contributed by atoms with Crippen molar-refractivity contribution in [1.82, 2.24) is 24.5 Å². The highest BCUT2D eigenvalue weighted by Gasteiger charge is 2.34. The molecule has 0 radical (unpaired) electrons. The molecule has 1 unspecified atom stereocenters. The summed E-state index contributed by atoms with van der Waals surface area (Å²) in [5.74, 6) is -0.565. The van der Waals surface area contributed by atoms with Crippen LogP contribution in [0.3, 0.4) is 0 Å². The van der Waals surface area contributed by atoms with E-state index in [0.717, 1.165) is 44.5 Å². The topological polar surface area (TPSA) is 89.0 Å². The smallest absolute Gasteiger partial charge is 0.320 e. The van der Waals surface area contributed by atoms with Crippen LogP contribution in [-0.4, -0.2) is 128 Å². The maximum Gasteiger partial charge on any atom is 0.320 e. The molecule has 2 fully saturated rings. The van der Waals surface area contributed by atoms with Gasteiger partial charge in [-0.15, -0.1) is 0 Å². The first-order valence-corrected chi connectivity index (χ1v) is 17.1. The third-order valence-electron chi connectivity index (χ3n) is 8.71. The summed E-state index contributed by atoms with van der Waals surface area (Å²) in [4.78, 5) is 53.2. The van der Waals surface area contributed by atoms with Crippen LogP contribution in [0.2, 0.25) is 20.1 Å². The predicted octanol–water partition coefficient (Wildman–Crippen LogP) is 6.23. The highest BCUT2D eigenvalue weighted by atomic mass is 35.5. The number of urea groups is 1. The van der Waals surface area contributed by atoms with Gasteiger partial charge in [0.2, 0.25) is 5.91 Å². The minimum atomic E-state index is -0.259. The van der Waals surface area contributed by atoms with Crippen molar-refractivity contribution in [3.8, 4) is 0 Å². The molecule has 0 saturated carbocycles. The molecule has 0 aliphatic carbocycles. The Kier molecular flexibility index (Phi) is 13.5. The summed E-state index contributed by atoms with van der Waals surface area (Å²) in [6, 6.07) is 10.3. The maximum atomic E-state index is 13.4. The lowest BCUT2D eigenvalue weighted by molar-refractivity contribution is -0.129. The standard InChI is InChI=1S/C33H42Cl4N6O4/c1-39(2)31(44)21-42-11-5-12-43(33(42)46)26-8-13-41(14-9-26)15-10-27(22-6-7-28(36)29(37)18-22)30(38-47-4)20-40(3)32(45)23-16-24(34)19-25(35)17-23/h6-7,16-19,26-27H,5,8-15,20-21H2,1-4H3/b38-30+. The summed E-state index contributed by atoms with van der Waals surface area (Å²) in [6.07, 6.45) is 3.22. The highest BCUT2D eigenvalue weighted by molar-refractivity contribution is 6.42. The zero-order valence-corrected chi connectivity index (χ0v) is 30.2. The summed E-state index contributed by atoms with van der Waals surface area (Å²) in [5, 5.41) is 6.01. The SMILES string of the molecule is CO/N=C(\CN(C)C(=O)c1cc(Cl)cc(Cl)c1)C(CCN1CCC(N2CCCN(CC(=O)N(C)C)C2=O)CC1)c1ccc(Cl)c(Cl)c1. The van der Waals surface area contributed by atoms with Crippen LogP contribution < -0.4 is 0 Å². The Labute approximate surface area is 297 Å². The number of amides is 4. The minimum absolute atomic E-state index is 0.0521. The van der Waals surface area contributed by atoms with Gasteiger partial charge in [-0.25, -0.2) is 4.79 Å². The molecule has 2 aromatic carbocycles. The van der Waals surface area contributed by atoms with E-state index in [2.05, 4.69) is 10.1 Å². The number of halogens is 4. The van der Waals surface area contributed by atoms with Gasteiger partial charge in [-0.3, -0.25) is 9.59 Å². The van der Waals surface area contributed by atoms with Gasteiger partial charge in [0.05, 0.1) is 22.3 Å². The molecule has 0 spiro atoms. The summed E-state index contributed by atoms with van der Waals surface area (Å²) >= 11 is 25.0. The number of oxime groups is 1. The van der Waals surface area contributed by atoms with Gasteiger partial charge in [0.15, 0.2) is 0 Å². The molecule has 4 amide bonds. The van der Waals surface area contributed by atoms with Crippen molar-refractivity contribution in [3.63, 3.8) is 0 Å². The minimum Gasteiger partial charge on any atom is -0.399 e. The van der Waals surface area contributed by atoms with Crippen LogP contribution in [0.5, 0.6) is 0 Å². The number of hydrogen-bond acceptors (Lipinski definition) is 6. The fraction of sp³-hybridized carbons (Fsp3) is 0.515. The molecule has 10 nitrogen and oxygen atoms in total. The average molecular weight is 729 g/mol. The van der Waals surface area contributed by atoms with E-state index in [1.54, 1.807) is 55.2 Å². The van der Waals surface area contributed by atoms with Crippen molar-refractivity contribution < 1.29 is 19.2 Å². The molecule has 0 N–H and O–H groups in total. The lowest BCUT2D eigenvalue weighted by Gasteiger charge is -2.43. The van der Waals surface area contributed by atoms with Crippen LogP contribution in [0.4, 0.5) is 4.79 Å². The van der Waals surface area contributed by atoms with E-state index < -0.39 is 0 Å². The second-order valence-electron chi connectivity index (χ2n) is 12.2. The number of benzene rings is 2. The van der Waals surface area contributed by atoms with Crippen molar-refractivity contribution in [2.75, 3.05) is 74.1 Å². The number of likely N-dealkylation sites (N-methyl/N-ethyl adjacent to an activating group) is 1. The Balaban J connectivity index is 1.44. The average Bonchev–Trinajstić information content (AvgIpc) is 3.03. The third kappa shape index (κ3) is 9.89. The van der Waals surface area contributed by atoms with Gasteiger partial charge in [-0.05, 0) is 68.1 Å². The van der Waals surface area contributed by atoms with Crippen molar-refractivity contribution in [1.29, 1.82) is 0 Å². The van der Waals surface area contributed by atoms with Gasteiger partial charge in [0.25, 0.3) is 5.91 Å². The monoisotopic (exact) mass is 726 g/mol. The number of rotatable bonds is 12. The lowest BCUT2D eigenvalue weighted by Crippen LogP contribution is -2.57. The van der Waals surface area contributed by atoms with Gasteiger partial charge >= 0.3 is 6.03 Å². The van der Waals surface area contributed by atoms with Crippen LogP contribution in [-0.2, 0) is 9.63 Å². The molecule has 2 saturated heterocycles. The molecule has 256 valence electrons. The van der Waals surface area contributed by atoms with E-state index in [1.165, 1.54) is 12.0 Å². The molecule has 0 aromatic heterocycles. The molecular weight excluding hydrogens is 686 g/mol. The van der Waals surface area contributed by atoms with E-state index in [4.69, 9.17) is 51.2 Å². The quantitative estimate of drug-likeness (QED) is 0.191. The first-order chi connectivity index (χ1) is 22.4. The zero-order chi connectivity index (χ0) is 34.2. The Morgan fingerprint density at radius 2 is 1.64 bits per heavy atom. The molecule has 2 heterocycles. The first kappa shape index (κ1) is 37.1. The fourth-order valence-electron chi connectivity index (χ4n) is 6.15. The number of carbonyl (C=O) groups is 3. The number of carbonyl (C=O) groups excluding carboxylic acids is 3. The molecule has 2 aromatic rings. The molecule has 1 atom stereocenters. The summed E-state index contributed by atoms with van der Waals surface area (Å²) < 4.78 is 0. The van der Waals surface area contributed by atoms with Crippen LogP contribution in [0, 0.1) is 0 Å². The van der Waals surface area contributed by atoms with Crippen molar-refractivity contribution in [2.45, 2.75) is 37.6 Å². The van der Waals surface area contributed by atoms with Crippen molar-refractivity contribution >= 4 is 70.0 Å². The fourth-order valence-corrected chi connectivity index (χ4v) is 6.98. The largest absolute Gasteiger partial charge is 0.399 e. The maximum absolute atomic E-state index is 13.4. The van der Waals surface area contributed by atoms with E-state index in [0.29, 0.717) is 50.9 Å². The number of nitrogens with zero attached hydrogens (tertiary/aromatic N) is 6. The van der Waals surface area contributed by atoms with Gasteiger partial charge < -0.3 is 29.3 Å². The molecular formula is C33H42Cl4N6O4. The number of likely N-dealkylation sites (tertiary alicyclic amines) is 1. The summed E-state index contributed by atoms with van der Waals surface area (Å²) in [7, 11) is 6.58. The third-order valence-corrected chi connectivity index (χ3v) is 9.89. The Hall–Kier alpha value is -2.76. The Morgan fingerprint density at radius 3 is 2.26 bits per heavy atom. The van der Waals surface area contributed by atoms with E-state index >= 15 is 0 Å². The molecule has 4 rings (SSSR count). The number of piperidine rings is 1. The van der Waals surface area contributed by atoms with Crippen LogP contribution in [0.25, 0.3) is 0 Å². The van der Waals surface area contributed by atoms with E-state index in [1.807, 2.05) is 17.0 Å². The van der Waals surface area contributed by atoms with E-state index in [-0.39, 0.29) is 42.9 Å². The second-order valence-corrected chi connectivity index (χ2v) is 13.9. The van der Waals surface area contributed by atoms with Crippen molar-refractivity contribution in [2.24, 2.45) is 5.16 Å². The molecule has 2 aliphatic heterocycles. The highest BCUT2D eigenvalue weighted by Crippen LogP contribution is 2.31. The van der Waals surface area contributed by atoms with E-state index in [9.17, 15) is 14.4 Å². The summed E-state index contributed by atoms with van der Waals surface area (Å²) in [5.41, 5.74) is 1.93. The molecule has 0 bridgehead atoms. The van der Waals surface area contributed by atoms with Gasteiger partial charge in [-0.1, -0.05) is 57.6 Å². The molecule has 2 aliphatic rings. The number of hydrogen-bond donors (Lipinski definition) is 0. The molecule has 47 heavy (non-hydrogen) atoms. The second kappa shape index (κ2) is 17.1. The Bertz CT molecular complexity index is 1450. The normalized spacial score (nSPS) is 17.1. The van der Waals surface area contributed by atoms with Crippen LogP contribution in [0.1, 0.15) is 47.5 Å². The zero-order valence-electron chi connectivity index (χ0n) is 27.2. The first-order valence-electron chi connectivity index (χ1n) is 15.6. The van der Waals surface area contributed by atoms with Crippen LogP contribution >= 0.6 is 46.4 Å². The summed E-state index contributed by atoms with van der Waals surface area (Å²) in [6.45, 7) is 4.00. The van der Waals surface area contributed by atoms with Gasteiger partial charge in [0, 0.05) is 74.9 Å². The van der Waals surface area contributed by atoms with Gasteiger partial charge in [-0.2, -0.15) is 0 Å². The van der Waals surface area contributed by atoms with Crippen LogP contribution in [0.15, 0.2) is 41.6 Å². The van der Waals surface area contributed by atoms with Crippen molar-refractivity contribution in [3.05, 3.63) is 67.6 Å². The van der Waals surface area contributed by atoms with Gasteiger partial charge in [0.1, 0.15) is 13.7 Å².